The van der Waals surface area contributed by atoms with E-state index in [-0.39, 0.29) is 5.91 Å². The summed E-state index contributed by atoms with van der Waals surface area (Å²) in [5, 5.41) is 2.04. The number of nitrogens with zero attached hydrogens (tertiary/aromatic N) is 1. The lowest BCUT2D eigenvalue weighted by atomic mass is 10.1. The summed E-state index contributed by atoms with van der Waals surface area (Å²) in [5.74, 6) is 3.13. The Balaban J connectivity index is 1.96. The molecule has 2 N–H and O–H groups in total. The second-order valence-electron chi connectivity index (χ2n) is 7.10. The van der Waals surface area contributed by atoms with Gasteiger partial charge in [-0.25, -0.2) is 0 Å². The predicted octanol–water partition coefficient (Wildman–Crippen LogP) is 2.17. The first kappa shape index (κ1) is 23.8. The number of furan rings is 1. The number of nitrogens with two attached hydrogens (primary N) is 1. The molecule has 1 aromatic carbocycles. The summed E-state index contributed by atoms with van der Waals surface area (Å²) in [4.78, 5) is 14.7. The maximum absolute atomic E-state index is 12.9. The molecule has 1 aromatic heterocycles. The third-order valence-corrected chi connectivity index (χ3v) is 4.83. The molecule has 0 saturated carbocycles. The Labute approximate surface area is 179 Å². The van der Waals surface area contributed by atoms with Crippen LogP contribution in [0.4, 0.5) is 0 Å². The van der Waals surface area contributed by atoms with Crippen LogP contribution in [0.5, 0.6) is 11.5 Å². The number of hydrogen-bond acceptors (Lipinski definition) is 5. The molecule has 0 unspecified atom stereocenters. The van der Waals surface area contributed by atoms with Gasteiger partial charge in [-0.3, -0.25) is 4.79 Å². The SMILES string of the molecule is CCOCCC[NH2+]CC(=O)N(CCc1ccc(OC)c(OC)c1)Cc1ccc(C)o1. The highest BCUT2D eigenvalue weighted by Crippen LogP contribution is 2.27. The van der Waals surface area contributed by atoms with E-state index in [4.69, 9.17) is 18.6 Å². The summed E-state index contributed by atoms with van der Waals surface area (Å²) >= 11 is 0. The van der Waals surface area contributed by atoms with Crippen molar-refractivity contribution in [3.63, 3.8) is 0 Å². The van der Waals surface area contributed by atoms with Gasteiger partial charge in [-0.05, 0) is 50.1 Å². The van der Waals surface area contributed by atoms with Crippen molar-refractivity contribution in [2.75, 3.05) is 47.1 Å². The largest absolute Gasteiger partial charge is 0.493 e. The van der Waals surface area contributed by atoms with Gasteiger partial charge in [0.25, 0.3) is 5.91 Å². The monoisotopic (exact) mass is 419 g/mol. The standard InChI is InChI=1S/C23H34N2O5/c1-5-29-14-6-12-24-16-23(26)25(17-20-9-7-18(2)30-20)13-11-19-8-10-21(27-3)22(15-19)28-4/h7-10,15,24H,5-6,11-14,16-17H2,1-4H3/p+1. The van der Waals surface area contributed by atoms with Crippen molar-refractivity contribution in [2.45, 2.75) is 33.2 Å². The number of rotatable bonds is 14. The Hall–Kier alpha value is -2.51. The van der Waals surface area contributed by atoms with Crippen molar-refractivity contribution in [3.8, 4) is 11.5 Å². The number of methoxy groups -OCH3 is 2. The normalized spacial score (nSPS) is 10.8. The van der Waals surface area contributed by atoms with Crippen molar-refractivity contribution in [2.24, 2.45) is 0 Å². The summed E-state index contributed by atoms with van der Waals surface area (Å²) in [6, 6.07) is 9.70. The van der Waals surface area contributed by atoms with Gasteiger partial charge in [-0.15, -0.1) is 0 Å². The maximum Gasteiger partial charge on any atom is 0.278 e. The molecule has 0 fully saturated rings. The Morgan fingerprint density at radius 2 is 1.93 bits per heavy atom. The second-order valence-corrected chi connectivity index (χ2v) is 7.10. The van der Waals surface area contributed by atoms with Crippen molar-refractivity contribution in [1.29, 1.82) is 0 Å². The number of aryl methyl sites for hydroxylation is 1. The van der Waals surface area contributed by atoms with Crippen LogP contribution in [0.2, 0.25) is 0 Å². The Morgan fingerprint density at radius 1 is 1.13 bits per heavy atom. The van der Waals surface area contributed by atoms with Crippen molar-refractivity contribution in [1.82, 2.24) is 4.90 Å². The molecular weight excluding hydrogens is 384 g/mol. The maximum atomic E-state index is 12.9. The Kier molecular flexibility index (Phi) is 10.2. The van der Waals surface area contributed by atoms with E-state index in [1.807, 2.05) is 54.4 Å². The third kappa shape index (κ3) is 7.72. The number of ether oxygens (including phenoxy) is 3. The van der Waals surface area contributed by atoms with Crippen LogP contribution in [0.1, 0.15) is 30.4 Å². The summed E-state index contributed by atoms with van der Waals surface area (Å²) < 4.78 is 21.7. The van der Waals surface area contributed by atoms with Crippen LogP contribution in [0.15, 0.2) is 34.7 Å². The molecule has 2 rings (SSSR count). The van der Waals surface area contributed by atoms with Crippen LogP contribution in [0.25, 0.3) is 0 Å². The van der Waals surface area contributed by atoms with E-state index in [0.717, 1.165) is 49.7 Å². The van der Waals surface area contributed by atoms with Crippen LogP contribution in [0, 0.1) is 6.92 Å². The third-order valence-electron chi connectivity index (χ3n) is 4.83. The zero-order valence-electron chi connectivity index (χ0n) is 18.6. The first-order valence-electron chi connectivity index (χ1n) is 10.5. The second kappa shape index (κ2) is 12.9. The topological polar surface area (TPSA) is 77.8 Å². The van der Waals surface area contributed by atoms with E-state index < -0.39 is 0 Å². The average molecular weight is 420 g/mol. The lowest BCUT2D eigenvalue weighted by Gasteiger charge is -2.21. The molecule has 7 heteroatoms. The lowest BCUT2D eigenvalue weighted by molar-refractivity contribution is -0.645. The molecule has 1 amide bonds. The molecule has 0 atom stereocenters. The fraction of sp³-hybridized carbons (Fsp3) is 0.522. The van der Waals surface area contributed by atoms with Gasteiger partial charge in [0.05, 0.1) is 33.9 Å². The predicted molar refractivity (Wildman–Crippen MR) is 115 cm³/mol. The minimum Gasteiger partial charge on any atom is -0.493 e. The summed E-state index contributed by atoms with van der Waals surface area (Å²) in [5.41, 5.74) is 1.08. The zero-order chi connectivity index (χ0) is 21.8. The molecule has 7 nitrogen and oxygen atoms in total. The Bertz CT molecular complexity index is 775. The number of quaternary nitrogens is 1. The van der Waals surface area contributed by atoms with Gasteiger partial charge in [0.2, 0.25) is 0 Å². The summed E-state index contributed by atoms with van der Waals surface area (Å²) in [7, 11) is 3.24. The van der Waals surface area contributed by atoms with Gasteiger partial charge in [0.1, 0.15) is 11.5 Å². The summed E-state index contributed by atoms with van der Waals surface area (Å²) in [6.45, 7) is 7.70. The highest BCUT2D eigenvalue weighted by atomic mass is 16.5. The molecule has 1 heterocycles. The van der Waals surface area contributed by atoms with Crippen LogP contribution >= 0.6 is 0 Å². The number of hydrogen-bond donors (Lipinski definition) is 1. The van der Waals surface area contributed by atoms with Crippen LogP contribution in [-0.4, -0.2) is 57.9 Å². The lowest BCUT2D eigenvalue weighted by Crippen LogP contribution is -2.86. The fourth-order valence-corrected chi connectivity index (χ4v) is 3.18. The highest BCUT2D eigenvalue weighted by Gasteiger charge is 2.17. The molecule has 0 spiro atoms. The zero-order valence-corrected chi connectivity index (χ0v) is 18.6. The molecule has 30 heavy (non-hydrogen) atoms. The molecule has 0 aliphatic carbocycles. The average Bonchev–Trinajstić information content (AvgIpc) is 3.17. The van der Waals surface area contributed by atoms with Crippen LogP contribution in [0.3, 0.4) is 0 Å². The number of amides is 1. The van der Waals surface area contributed by atoms with Gasteiger partial charge >= 0.3 is 0 Å². The van der Waals surface area contributed by atoms with Gasteiger partial charge in [0.15, 0.2) is 18.0 Å². The molecule has 0 saturated heterocycles. The quantitative estimate of drug-likeness (QED) is 0.475. The molecular formula is C23H35N2O5+. The number of carbonyl (C=O) groups excluding carboxylic acids is 1. The number of carbonyl (C=O) groups is 1. The number of benzene rings is 1. The minimum absolute atomic E-state index is 0.0981. The van der Waals surface area contributed by atoms with Crippen molar-refractivity contribution in [3.05, 3.63) is 47.4 Å². The molecule has 2 aromatic rings. The smallest absolute Gasteiger partial charge is 0.278 e. The molecule has 0 aliphatic rings. The van der Waals surface area contributed by atoms with E-state index in [1.165, 1.54) is 0 Å². The van der Waals surface area contributed by atoms with Crippen LogP contribution < -0.4 is 14.8 Å². The van der Waals surface area contributed by atoms with Gasteiger partial charge in [0, 0.05) is 19.6 Å². The van der Waals surface area contributed by atoms with E-state index in [1.54, 1.807) is 14.2 Å². The van der Waals surface area contributed by atoms with E-state index >= 15 is 0 Å². The Morgan fingerprint density at radius 3 is 2.60 bits per heavy atom. The van der Waals surface area contributed by atoms with E-state index in [9.17, 15) is 4.79 Å². The minimum atomic E-state index is 0.0981. The van der Waals surface area contributed by atoms with E-state index in [2.05, 4.69) is 0 Å². The van der Waals surface area contributed by atoms with Gasteiger partial charge in [-0.2, -0.15) is 0 Å². The van der Waals surface area contributed by atoms with Crippen molar-refractivity contribution < 1.29 is 28.7 Å². The van der Waals surface area contributed by atoms with Gasteiger partial charge < -0.3 is 28.8 Å². The first-order chi connectivity index (χ1) is 14.6. The van der Waals surface area contributed by atoms with Gasteiger partial charge in [-0.1, -0.05) is 6.07 Å². The molecule has 0 aliphatic heterocycles. The highest BCUT2D eigenvalue weighted by molar-refractivity contribution is 5.77. The summed E-state index contributed by atoms with van der Waals surface area (Å²) in [6.07, 6.45) is 1.65. The molecule has 0 bridgehead atoms. The van der Waals surface area contributed by atoms with E-state index in [0.29, 0.717) is 31.1 Å². The molecule has 0 radical (unpaired) electrons. The first-order valence-corrected chi connectivity index (χ1v) is 10.5. The fourth-order valence-electron chi connectivity index (χ4n) is 3.18. The van der Waals surface area contributed by atoms with Crippen LogP contribution in [-0.2, 0) is 22.5 Å². The van der Waals surface area contributed by atoms with Crippen molar-refractivity contribution >= 4 is 5.91 Å². The molecule has 166 valence electrons.